The van der Waals surface area contributed by atoms with E-state index in [0.29, 0.717) is 19.5 Å². The van der Waals surface area contributed by atoms with Gasteiger partial charge < -0.3 is 19.3 Å². The molecule has 0 bridgehead atoms. The Morgan fingerprint density at radius 2 is 1.88 bits per heavy atom. The van der Waals surface area contributed by atoms with E-state index in [9.17, 15) is 9.59 Å². The van der Waals surface area contributed by atoms with E-state index in [4.69, 9.17) is 9.47 Å². The van der Waals surface area contributed by atoms with Crippen LogP contribution in [0.1, 0.15) is 39.7 Å². The molecule has 2 atom stereocenters. The molecule has 0 N–H and O–H groups in total. The van der Waals surface area contributed by atoms with E-state index in [1.54, 1.807) is 16.8 Å². The van der Waals surface area contributed by atoms with Crippen LogP contribution < -0.4 is 0 Å². The first kappa shape index (κ1) is 20.1. The van der Waals surface area contributed by atoms with E-state index in [0.717, 1.165) is 5.56 Å². The normalized spacial score (nSPS) is 20.4. The quantitative estimate of drug-likeness (QED) is 0.818. The molecular weight excluding hydrogens is 332 g/mol. The minimum atomic E-state index is -0.517. The van der Waals surface area contributed by atoms with Crippen molar-refractivity contribution in [3.63, 3.8) is 0 Å². The molecule has 1 aromatic carbocycles. The molecule has 144 valence electrons. The van der Waals surface area contributed by atoms with E-state index < -0.39 is 5.60 Å². The molecule has 0 spiro atoms. The summed E-state index contributed by atoms with van der Waals surface area (Å²) in [6, 6.07) is 9.67. The fourth-order valence-electron chi connectivity index (χ4n) is 3.15. The highest BCUT2D eigenvalue weighted by atomic mass is 16.6. The van der Waals surface area contributed by atoms with Crippen LogP contribution in [0.5, 0.6) is 0 Å². The average Bonchev–Trinajstić information content (AvgIpc) is 2.58. The number of amides is 2. The van der Waals surface area contributed by atoms with Crippen molar-refractivity contribution in [2.75, 3.05) is 20.1 Å². The Labute approximate surface area is 156 Å². The van der Waals surface area contributed by atoms with Gasteiger partial charge in [0.2, 0.25) is 0 Å². The number of nitrogens with zero attached hydrogens (tertiary/aromatic N) is 2. The number of carbonyl (C=O) groups is 2. The smallest absolute Gasteiger partial charge is 0.410 e. The molecule has 1 aromatic rings. The van der Waals surface area contributed by atoms with Crippen molar-refractivity contribution in [2.24, 2.45) is 5.92 Å². The molecule has 26 heavy (non-hydrogen) atoms. The lowest BCUT2D eigenvalue weighted by Gasteiger charge is -2.40. The summed E-state index contributed by atoms with van der Waals surface area (Å²) in [6.07, 6.45) is 0.0747. The third-order valence-electron chi connectivity index (χ3n) is 4.50. The van der Waals surface area contributed by atoms with Gasteiger partial charge in [-0.3, -0.25) is 0 Å². The lowest BCUT2D eigenvalue weighted by Crippen LogP contribution is -2.52. The second-order valence-corrected chi connectivity index (χ2v) is 7.91. The van der Waals surface area contributed by atoms with Gasteiger partial charge in [-0.25, -0.2) is 9.59 Å². The van der Waals surface area contributed by atoms with Gasteiger partial charge in [-0.05, 0) is 38.7 Å². The van der Waals surface area contributed by atoms with Gasteiger partial charge >= 0.3 is 12.2 Å². The van der Waals surface area contributed by atoms with E-state index in [1.165, 1.54) is 0 Å². The third kappa shape index (κ3) is 5.64. The molecule has 2 amide bonds. The van der Waals surface area contributed by atoms with Crippen LogP contribution in [0.2, 0.25) is 0 Å². The SMILES string of the molecule is C[C@@H]1CN(C(=O)OCc2ccccc2)CC[C@@H]1N(C)C(=O)OC(C)(C)C. The number of hydrogen-bond donors (Lipinski definition) is 0. The highest BCUT2D eigenvalue weighted by Crippen LogP contribution is 2.23. The first-order valence-electron chi connectivity index (χ1n) is 9.09. The molecule has 0 aliphatic carbocycles. The molecule has 1 heterocycles. The molecule has 1 aliphatic heterocycles. The first-order chi connectivity index (χ1) is 12.2. The number of benzene rings is 1. The molecule has 1 fully saturated rings. The van der Waals surface area contributed by atoms with Crippen LogP contribution >= 0.6 is 0 Å². The summed E-state index contributed by atoms with van der Waals surface area (Å²) in [5.41, 5.74) is 0.449. The van der Waals surface area contributed by atoms with Crippen molar-refractivity contribution >= 4 is 12.2 Å². The summed E-state index contributed by atoms with van der Waals surface area (Å²) in [5.74, 6) is 0.144. The Kier molecular flexibility index (Phi) is 6.51. The van der Waals surface area contributed by atoms with E-state index >= 15 is 0 Å². The summed E-state index contributed by atoms with van der Waals surface area (Å²) >= 11 is 0. The van der Waals surface area contributed by atoms with Gasteiger partial charge in [0, 0.05) is 26.2 Å². The minimum Gasteiger partial charge on any atom is -0.445 e. The molecular formula is C20H30N2O4. The van der Waals surface area contributed by atoms with Crippen molar-refractivity contribution in [2.45, 2.75) is 52.4 Å². The fourth-order valence-corrected chi connectivity index (χ4v) is 3.15. The Morgan fingerprint density at radius 3 is 2.46 bits per heavy atom. The van der Waals surface area contributed by atoms with E-state index in [2.05, 4.69) is 0 Å². The van der Waals surface area contributed by atoms with Crippen molar-refractivity contribution in [1.29, 1.82) is 0 Å². The maximum Gasteiger partial charge on any atom is 0.410 e. The van der Waals surface area contributed by atoms with Crippen molar-refractivity contribution in [3.8, 4) is 0 Å². The van der Waals surface area contributed by atoms with Crippen LogP contribution in [0, 0.1) is 5.92 Å². The Balaban J connectivity index is 1.85. The number of hydrogen-bond acceptors (Lipinski definition) is 4. The number of likely N-dealkylation sites (tertiary alicyclic amines) is 1. The topological polar surface area (TPSA) is 59.1 Å². The zero-order valence-corrected chi connectivity index (χ0v) is 16.4. The molecule has 6 heteroatoms. The zero-order valence-electron chi connectivity index (χ0n) is 16.4. The molecule has 6 nitrogen and oxygen atoms in total. The van der Waals surface area contributed by atoms with Crippen LogP contribution in [0.4, 0.5) is 9.59 Å². The predicted octanol–water partition coefficient (Wildman–Crippen LogP) is 3.90. The van der Waals surface area contributed by atoms with E-state index in [-0.39, 0.29) is 30.8 Å². The molecule has 0 saturated carbocycles. The largest absolute Gasteiger partial charge is 0.445 e. The van der Waals surface area contributed by atoms with Crippen molar-refractivity contribution < 1.29 is 19.1 Å². The molecule has 2 rings (SSSR count). The monoisotopic (exact) mass is 362 g/mol. The lowest BCUT2D eigenvalue weighted by molar-refractivity contribution is 0.00525. The Bertz CT molecular complexity index is 612. The molecule has 1 aliphatic rings. The third-order valence-corrected chi connectivity index (χ3v) is 4.50. The highest BCUT2D eigenvalue weighted by Gasteiger charge is 2.35. The van der Waals surface area contributed by atoms with Crippen molar-refractivity contribution in [3.05, 3.63) is 35.9 Å². The van der Waals surface area contributed by atoms with Crippen LogP contribution in [-0.2, 0) is 16.1 Å². The molecule has 0 unspecified atom stereocenters. The van der Waals surface area contributed by atoms with Gasteiger partial charge in [0.1, 0.15) is 12.2 Å². The van der Waals surface area contributed by atoms with Crippen LogP contribution in [0.25, 0.3) is 0 Å². The summed E-state index contributed by atoms with van der Waals surface area (Å²) in [7, 11) is 1.76. The summed E-state index contributed by atoms with van der Waals surface area (Å²) in [5, 5.41) is 0. The predicted molar refractivity (Wildman–Crippen MR) is 99.8 cm³/mol. The molecule has 0 aromatic heterocycles. The summed E-state index contributed by atoms with van der Waals surface area (Å²) in [4.78, 5) is 28.0. The van der Waals surface area contributed by atoms with Gasteiger partial charge in [-0.2, -0.15) is 0 Å². The van der Waals surface area contributed by atoms with Crippen LogP contribution in [0.3, 0.4) is 0 Å². The number of rotatable bonds is 3. The second kappa shape index (κ2) is 8.43. The number of ether oxygens (including phenoxy) is 2. The maximum atomic E-state index is 12.3. The Hall–Kier alpha value is -2.24. The summed E-state index contributed by atoms with van der Waals surface area (Å²) < 4.78 is 10.9. The first-order valence-corrected chi connectivity index (χ1v) is 9.09. The lowest BCUT2D eigenvalue weighted by atomic mass is 9.93. The van der Waals surface area contributed by atoms with Gasteiger partial charge in [0.15, 0.2) is 0 Å². The minimum absolute atomic E-state index is 0.0445. The standard InChI is InChI=1S/C20H30N2O4/c1-15-13-22(19(24)25-14-16-9-7-6-8-10-16)12-11-17(15)21(5)18(23)26-20(2,3)4/h6-10,15,17H,11-14H2,1-5H3/t15-,17+/m1/s1. The van der Waals surface area contributed by atoms with Gasteiger partial charge in [-0.15, -0.1) is 0 Å². The van der Waals surface area contributed by atoms with Crippen LogP contribution in [-0.4, -0.2) is 53.8 Å². The average molecular weight is 362 g/mol. The van der Waals surface area contributed by atoms with Crippen molar-refractivity contribution in [1.82, 2.24) is 9.80 Å². The molecule has 0 radical (unpaired) electrons. The van der Waals surface area contributed by atoms with Gasteiger partial charge in [0.25, 0.3) is 0 Å². The summed E-state index contributed by atoms with van der Waals surface area (Å²) in [6.45, 7) is 9.00. The fraction of sp³-hybridized carbons (Fsp3) is 0.600. The van der Waals surface area contributed by atoms with Gasteiger partial charge in [-0.1, -0.05) is 37.3 Å². The second-order valence-electron chi connectivity index (χ2n) is 7.91. The highest BCUT2D eigenvalue weighted by molar-refractivity contribution is 5.69. The van der Waals surface area contributed by atoms with E-state index in [1.807, 2.05) is 58.0 Å². The number of piperidine rings is 1. The zero-order chi connectivity index (χ0) is 19.3. The van der Waals surface area contributed by atoms with Crippen LogP contribution in [0.15, 0.2) is 30.3 Å². The molecule has 1 saturated heterocycles. The van der Waals surface area contributed by atoms with Gasteiger partial charge in [0.05, 0.1) is 0 Å². The maximum absolute atomic E-state index is 12.3. The Morgan fingerprint density at radius 1 is 1.23 bits per heavy atom. The number of carbonyl (C=O) groups excluding carboxylic acids is 2.